The lowest BCUT2D eigenvalue weighted by Crippen LogP contribution is -2.03. The summed E-state index contributed by atoms with van der Waals surface area (Å²) < 4.78 is 1.00. The maximum Gasteiger partial charge on any atom is 0.248 e. The highest BCUT2D eigenvalue weighted by Gasteiger charge is 1.97. The van der Waals surface area contributed by atoms with Gasteiger partial charge >= 0.3 is 0 Å². The van der Waals surface area contributed by atoms with Crippen LogP contribution in [-0.4, -0.2) is 4.98 Å². The fourth-order valence-electron chi connectivity index (χ4n) is 1.39. The Morgan fingerprint density at radius 2 is 1.80 bits per heavy atom. The highest BCUT2D eigenvalue weighted by atomic mass is 127. The molecule has 2 aromatic rings. The van der Waals surface area contributed by atoms with Gasteiger partial charge in [0.25, 0.3) is 0 Å². The van der Waals surface area contributed by atoms with E-state index in [0.717, 1.165) is 15.7 Å². The minimum Gasteiger partial charge on any atom is -0.322 e. The fourth-order valence-corrected chi connectivity index (χ4v) is 1.90. The van der Waals surface area contributed by atoms with Crippen LogP contribution < -0.4 is 5.56 Å². The average Bonchev–Trinajstić information content (AvgIpc) is 2.29. The molecule has 0 radical (unpaired) electrons. The SMILES string of the molecule is O=c1cccc(-c2ccc(CI)cc2)[nH]1. The van der Waals surface area contributed by atoms with E-state index in [9.17, 15) is 4.79 Å². The quantitative estimate of drug-likeness (QED) is 0.671. The summed E-state index contributed by atoms with van der Waals surface area (Å²) in [5.41, 5.74) is 3.13. The molecule has 0 aliphatic rings. The van der Waals surface area contributed by atoms with Gasteiger partial charge in [0, 0.05) is 16.2 Å². The number of pyridine rings is 1. The van der Waals surface area contributed by atoms with Gasteiger partial charge in [-0.05, 0) is 17.2 Å². The topological polar surface area (TPSA) is 32.9 Å². The number of benzene rings is 1. The van der Waals surface area contributed by atoms with Gasteiger partial charge in [0.2, 0.25) is 5.56 Å². The van der Waals surface area contributed by atoms with E-state index in [0.29, 0.717) is 0 Å². The summed E-state index contributed by atoms with van der Waals surface area (Å²) in [6, 6.07) is 13.4. The van der Waals surface area contributed by atoms with E-state index < -0.39 is 0 Å². The largest absolute Gasteiger partial charge is 0.322 e. The zero-order valence-electron chi connectivity index (χ0n) is 8.03. The second-order valence-corrected chi connectivity index (χ2v) is 4.02. The maximum absolute atomic E-state index is 11.1. The third kappa shape index (κ3) is 2.47. The summed E-state index contributed by atoms with van der Waals surface area (Å²) >= 11 is 2.33. The minimum absolute atomic E-state index is 0.0644. The summed E-state index contributed by atoms with van der Waals surface area (Å²) in [5, 5.41) is 0. The van der Waals surface area contributed by atoms with Gasteiger partial charge in [-0.2, -0.15) is 0 Å². The molecular weight excluding hydrogens is 301 g/mol. The second-order valence-electron chi connectivity index (χ2n) is 3.26. The molecule has 1 aromatic heterocycles. The van der Waals surface area contributed by atoms with Crippen molar-refractivity contribution in [2.24, 2.45) is 0 Å². The Bertz CT molecular complexity index is 502. The Hall–Kier alpha value is -1.10. The van der Waals surface area contributed by atoms with Crippen LogP contribution in [0.1, 0.15) is 5.56 Å². The van der Waals surface area contributed by atoms with Gasteiger partial charge in [0.05, 0.1) is 0 Å². The molecule has 15 heavy (non-hydrogen) atoms. The molecule has 0 amide bonds. The van der Waals surface area contributed by atoms with E-state index in [2.05, 4.69) is 39.7 Å². The molecule has 1 aromatic carbocycles. The molecule has 0 saturated carbocycles. The van der Waals surface area contributed by atoms with Crippen molar-refractivity contribution in [3.05, 3.63) is 58.4 Å². The van der Waals surface area contributed by atoms with Gasteiger partial charge in [-0.25, -0.2) is 0 Å². The third-order valence-electron chi connectivity index (χ3n) is 2.19. The van der Waals surface area contributed by atoms with Crippen LogP contribution in [0.15, 0.2) is 47.3 Å². The first-order chi connectivity index (χ1) is 7.29. The highest BCUT2D eigenvalue weighted by molar-refractivity contribution is 14.1. The number of hydrogen-bond acceptors (Lipinski definition) is 1. The molecule has 3 heteroatoms. The van der Waals surface area contributed by atoms with Crippen LogP contribution in [0.5, 0.6) is 0 Å². The molecule has 0 unspecified atom stereocenters. The predicted molar refractivity (Wildman–Crippen MR) is 70.2 cm³/mol. The molecule has 76 valence electrons. The minimum atomic E-state index is -0.0644. The number of aromatic nitrogens is 1. The second kappa shape index (κ2) is 4.61. The van der Waals surface area contributed by atoms with Crippen molar-refractivity contribution < 1.29 is 0 Å². The van der Waals surface area contributed by atoms with Gasteiger partial charge in [-0.1, -0.05) is 52.9 Å². The van der Waals surface area contributed by atoms with E-state index in [1.165, 1.54) is 11.6 Å². The average molecular weight is 311 g/mol. The van der Waals surface area contributed by atoms with Gasteiger partial charge in [-0.15, -0.1) is 0 Å². The van der Waals surface area contributed by atoms with Crippen molar-refractivity contribution in [2.45, 2.75) is 4.43 Å². The lowest BCUT2D eigenvalue weighted by molar-refractivity contribution is 1.24. The van der Waals surface area contributed by atoms with E-state index >= 15 is 0 Å². The molecular formula is C12H10INO. The van der Waals surface area contributed by atoms with E-state index in [1.54, 1.807) is 6.07 Å². The zero-order valence-corrected chi connectivity index (χ0v) is 10.2. The zero-order chi connectivity index (χ0) is 10.7. The Kier molecular flexibility index (Phi) is 3.20. The van der Waals surface area contributed by atoms with Crippen LogP contribution in [0.2, 0.25) is 0 Å². The molecule has 0 aliphatic heterocycles. The van der Waals surface area contributed by atoms with Crippen molar-refractivity contribution >= 4 is 22.6 Å². The number of H-pyrrole nitrogens is 1. The Morgan fingerprint density at radius 1 is 1.07 bits per heavy atom. The third-order valence-corrected chi connectivity index (χ3v) is 3.07. The molecule has 0 saturated heterocycles. The van der Waals surface area contributed by atoms with Crippen LogP contribution in [0.4, 0.5) is 0 Å². The molecule has 0 bridgehead atoms. The first-order valence-electron chi connectivity index (χ1n) is 4.64. The summed E-state index contributed by atoms with van der Waals surface area (Å²) in [7, 11) is 0. The van der Waals surface area contributed by atoms with Crippen molar-refractivity contribution in [1.82, 2.24) is 4.98 Å². The summed E-state index contributed by atoms with van der Waals surface area (Å²) in [6.45, 7) is 0. The van der Waals surface area contributed by atoms with Gasteiger partial charge in [-0.3, -0.25) is 4.79 Å². The summed E-state index contributed by atoms with van der Waals surface area (Å²) in [5.74, 6) is 0. The Morgan fingerprint density at radius 3 is 2.40 bits per heavy atom. The number of halogens is 1. The van der Waals surface area contributed by atoms with Crippen molar-refractivity contribution in [3.63, 3.8) is 0 Å². The van der Waals surface area contributed by atoms with Crippen LogP contribution in [0, 0.1) is 0 Å². The van der Waals surface area contributed by atoms with Crippen LogP contribution in [-0.2, 0) is 4.43 Å². The molecule has 0 fully saturated rings. The number of alkyl halides is 1. The molecule has 0 aliphatic carbocycles. The highest BCUT2D eigenvalue weighted by Crippen LogP contribution is 2.17. The standard InChI is InChI=1S/C12H10INO/c13-8-9-4-6-10(7-5-9)11-2-1-3-12(15)14-11/h1-7H,8H2,(H,14,15). The van der Waals surface area contributed by atoms with Crippen LogP contribution >= 0.6 is 22.6 Å². The van der Waals surface area contributed by atoms with Crippen molar-refractivity contribution in [2.75, 3.05) is 0 Å². The number of nitrogens with one attached hydrogen (secondary N) is 1. The Balaban J connectivity index is 2.41. The lowest BCUT2D eigenvalue weighted by atomic mass is 10.1. The molecule has 1 heterocycles. The Labute approximate surface area is 101 Å². The molecule has 2 rings (SSSR count). The van der Waals surface area contributed by atoms with Gasteiger partial charge in [0.1, 0.15) is 0 Å². The van der Waals surface area contributed by atoms with E-state index in [4.69, 9.17) is 0 Å². The molecule has 2 nitrogen and oxygen atoms in total. The van der Waals surface area contributed by atoms with E-state index in [1.807, 2.05) is 18.2 Å². The maximum atomic E-state index is 11.1. The molecule has 0 atom stereocenters. The number of rotatable bonds is 2. The van der Waals surface area contributed by atoms with Gasteiger partial charge in [0.15, 0.2) is 0 Å². The summed E-state index contributed by atoms with van der Waals surface area (Å²) in [6.07, 6.45) is 0. The van der Waals surface area contributed by atoms with Crippen LogP contribution in [0.25, 0.3) is 11.3 Å². The number of aromatic amines is 1. The predicted octanol–water partition coefficient (Wildman–Crippen LogP) is 2.98. The first-order valence-corrected chi connectivity index (χ1v) is 6.17. The van der Waals surface area contributed by atoms with E-state index in [-0.39, 0.29) is 5.56 Å². The smallest absolute Gasteiger partial charge is 0.248 e. The molecule has 0 spiro atoms. The first kappa shape index (κ1) is 10.4. The van der Waals surface area contributed by atoms with Crippen molar-refractivity contribution in [1.29, 1.82) is 0 Å². The van der Waals surface area contributed by atoms with Gasteiger partial charge < -0.3 is 4.98 Å². The van der Waals surface area contributed by atoms with Crippen LogP contribution in [0.3, 0.4) is 0 Å². The number of hydrogen-bond donors (Lipinski definition) is 1. The fraction of sp³-hybridized carbons (Fsp3) is 0.0833. The van der Waals surface area contributed by atoms with Crippen molar-refractivity contribution in [3.8, 4) is 11.3 Å². The normalized spacial score (nSPS) is 10.2. The lowest BCUT2D eigenvalue weighted by Gasteiger charge is -2.01. The monoisotopic (exact) mass is 311 g/mol. The summed E-state index contributed by atoms with van der Waals surface area (Å²) in [4.78, 5) is 13.9. The molecule has 1 N–H and O–H groups in total.